The van der Waals surface area contributed by atoms with Crippen molar-refractivity contribution in [2.24, 2.45) is 5.73 Å². The third-order valence-corrected chi connectivity index (χ3v) is 5.90. The Morgan fingerprint density at radius 3 is 2.55 bits per heavy atom. The van der Waals surface area contributed by atoms with E-state index in [1.807, 2.05) is 19.1 Å². The van der Waals surface area contributed by atoms with E-state index < -0.39 is 29.0 Å². The molecule has 1 saturated heterocycles. The summed E-state index contributed by atoms with van der Waals surface area (Å²) in [6, 6.07) is 11.9. The molecule has 2 aromatic carbocycles. The van der Waals surface area contributed by atoms with Gasteiger partial charge in [-0.3, -0.25) is 19.3 Å². The second kappa shape index (κ2) is 10.8. The predicted molar refractivity (Wildman–Crippen MR) is 123 cm³/mol. The van der Waals surface area contributed by atoms with Gasteiger partial charge in [0.25, 0.3) is 11.1 Å². The van der Waals surface area contributed by atoms with Crippen LogP contribution in [-0.2, 0) is 9.59 Å². The SMILES string of the molecule is Cc1ccccc1[C@@H](CC(=O)NCCN1C(=O)S/C(=C\c2ccccc2F)C1=O)NC(N)=O. The van der Waals surface area contributed by atoms with Gasteiger partial charge >= 0.3 is 6.03 Å². The van der Waals surface area contributed by atoms with E-state index in [2.05, 4.69) is 10.6 Å². The monoisotopic (exact) mass is 470 g/mol. The number of nitrogens with one attached hydrogen (secondary N) is 2. The lowest BCUT2D eigenvalue weighted by Crippen LogP contribution is -2.40. The van der Waals surface area contributed by atoms with Crippen LogP contribution in [0.3, 0.4) is 0 Å². The summed E-state index contributed by atoms with van der Waals surface area (Å²) >= 11 is 0.718. The van der Waals surface area contributed by atoms with Crippen LogP contribution in [0.15, 0.2) is 53.4 Å². The number of rotatable bonds is 8. The van der Waals surface area contributed by atoms with Crippen LogP contribution in [0.4, 0.5) is 14.0 Å². The molecule has 0 aliphatic carbocycles. The molecule has 0 radical (unpaired) electrons. The van der Waals surface area contributed by atoms with E-state index >= 15 is 0 Å². The van der Waals surface area contributed by atoms with Gasteiger partial charge in [-0.2, -0.15) is 0 Å². The molecule has 0 saturated carbocycles. The first-order valence-electron chi connectivity index (χ1n) is 10.1. The van der Waals surface area contributed by atoms with Crippen molar-refractivity contribution in [1.82, 2.24) is 15.5 Å². The normalized spacial score (nSPS) is 15.6. The Kier molecular flexibility index (Phi) is 7.83. The van der Waals surface area contributed by atoms with Crippen LogP contribution in [0.25, 0.3) is 6.08 Å². The van der Waals surface area contributed by atoms with Gasteiger partial charge in [-0.1, -0.05) is 42.5 Å². The summed E-state index contributed by atoms with van der Waals surface area (Å²) in [5.41, 5.74) is 7.11. The Balaban J connectivity index is 1.58. The summed E-state index contributed by atoms with van der Waals surface area (Å²) in [4.78, 5) is 49.7. The average Bonchev–Trinajstić information content (AvgIpc) is 3.02. The summed E-state index contributed by atoms with van der Waals surface area (Å²) in [7, 11) is 0. The Morgan fingerprint density at radius 1 is 1.15 bits per heavy atom. The third-order valence-electron chi connectivity index (χ3n) is 4.99. The molecule has 0 bridgehead atoms. The van der Waals surface area contributed by atoms with Gasteiger partial charge in [-0.25, -0.2) is 9.18 Å². The molecular weight excluding hydrogens is 447 g/mol. The standard InChI is InChI=1S/C23H23FN4O4S/c1-14-6-2-4-8-16(14)18(27-22(25)31)13-20(29)26-10-11-28-21(30)19(33-23(28)32)12-15-7-3-5-9-17(15)24/h2-9,12,18H,10-11,13H2,1H3,(H,26,29)(H3,25,27,31)/b19-12-/t18-/m1/s1. The van der Waals surface area contributed by atoms with E-state index in [1.54, 1.807) is 18.2 Å². The summed E-state index contributed by atoms with van der Waals surface area (Å²) in [5.74, 6) is -1.43. The number of hydrogen-bond acceptors (Lipinski definition) is 5. The van der Waals surface area contributed by atoms with Crippen molar-refractivity contribution >= 4 is 40.9 Å². The lowest BCUT2D eigenvalue weighted by molar-refractivity contribution is -0.124. The number of urea groups is 1. The quantitative estimate of drug-likeness (QED) is 0.512. The number of nitrogens with zero attached hydrogens (tertiary/aromatic N) is 1. The van der Waals surface area contributed by atoms with Crippen LogP contribution < -0.4 is 16.4 Å². The summed E-state index contributed by atoms with van der Waals surface area (Å²) in [5, 5.41) is 4.72. The number of thioether (sulfide) groups is 1. The molecular formula is C23H23FN4O4S. The maximum atomic E-state index is 13.8. The number of carbonyl (C=O) groups is 4. The minimum atomic E-state index is -0.754. The molecule has 172 valence electrons. The van der Waals surface area contributed by atoms with Crippen LogP contribution in [0.5, 0.6) is 0 Å². The maximum Gasteiger partial charge on any atom is 0.312 e. The van der Waals surface area contributed by atoms with E-state index in [4.69, 9.17) is 5.73 Å². The number of benzene rings is 2. The Hall–Kier alpha value is -3.66. The van der Waals surface area contributed by atoms with Crippen LogP contribution in [-0.4, -0.2) is 41.1 Å². The highest BCUT2D eigenvalue weighted by molar-refractivity contribution is 8.18. The number of imide groups is 1. The summed E-state index contributed by atoms with van der Waals surface area (Å²) < 4.78 is 13.8. The third kappa shape index (κ3) is 6.19. The van der Waals surface area contributed by atoms with Gasteiger partial charge in [0.15, 0.2) is 0 Å². The molecule has 1 aliphatic rings. The number of hydrogen-bond donors (Lipinski definition) is 3. The van der Waals surface area contributed by atoms with E-state index in [0.717, 1.165) is 27.8 Å². The lowest BCUT2D eigenvalue weighted by atomic mass is 9.98. The number of halogens is 1. The van der Waals surface area contributed by atoms with E-state index in [0.29, 0.717) is 0 Å². The number of aryl methyl sites for hydroxylation is 1. The second-order valence-electron chi connectivity index (χ2n) is 7.33. The van der Waals surface area contributed by atoms with E-state index in [-0.39, 0.29) is 35.9 Å². The largest absolute Gasteiger partial charge is 0.354 e. The topological polar surface area (TPSA) is 122 Å². The van der Waals surface area contributed by atoms with Gasteiger partial charge in [0.1, 0.15) is 5.82 Å². The average molecular weight is 471 g/mol. The highest BCUT2D eigenvalue weighted by Gasteiger charge is 2.34. The van der Waals surface area contributed by atoms with Crippen molar-refractivity contribution in [1.29, 1.82) is 0 Å². The molecule has 1 atom stereocenters. The molecule has 3 rings (SSSR count). The van der Waals surface area contributed by atoms with E-state index in [9.17, 15) is 23.6 Å². The predicted octanol–water partition coefficient (Wildman–Crippen LogP) is 3.09. The highest BCUT2D eigenvalue weighted by Crippen LogP contribution is 2.32. The molecule has 0 aromatic heterocycles. The molecule has 8 nitrogen and oxygen atoms in total. The molecule has 2 aromatic rings. The Morgan fingerprint density at radius 2 is 1.85 bits per heavy atom. The zero-order chi connectivity index (χ0) is 24.0. The fourth-order valence-corrected chi connectivity index (χ4v) is 4.23. The molecule has 0 unspecified atom stereocenters. The molecule has 5 amide bonds. The molecule has 1 fully saturated rings. The van der Waals surface area contributed by atoms with Gasteiger partial charge in [-0.15, -0.1) is 0 Å². The highest BCUT2D eigenvalue weighted by atomic mass is 32.2. The zero-order valence-corrected chi connectivity index (χ0v) is 18.7. The van der Waals surface area contributed by atoms with Gasteiger partial charge in [-0.05, 0) is 42.0 Å². The van der Waals surface area contributed by atoms with Crippen molar-refractivity contribution in [3.05, 3.63) is 75.9 Å². The second-order valence-corrected chi connectivity index (χ2v) is 8.32. The fraction of sp³-hybridized carbons (Fsp3) is 0.217. The summed E-state index contributed by atoms with van der Waals surface area (Å²) in [6.45, 7) is 1.85. The number of nitrogens with two attached hydrogens (primary N) is 1. The maximum absolute atomic E-state index is 13.8. The Labute approximate surface area is 194 Å². The van der Waals surface area contributed by atoms with Crippen LogP contribution in [0.1, 0.15) is 29.2 Å². The van der Waals surface area contributed by atoms with Crippen LogP contribution in [0, 0.1) is 12.7 Å². The molecule has 10 heteroatoms. The van der Waals surface area contributed by atoms with Crippen molar-refractivity contribution in [2.75, 3.05) is 13.1 Å². The smallest absolute Gasteiger partial charge is 0.312 e. The van der Waals surface area contributed by atoms with Gasteiger partial charge < -0.3 is 16.4 Å². The first-order valence-corrected chi connectivity index (χ1v) is 11.0. The number of carbonyl (C=O) groups excluding carboxylic acids is 4. The molecule has 4 N–H and O–H groups in total. The lowest BCUT2D eigenvalue weighted by Gasteiger charge is -2.20. The molecule has 1 heterocycles. The first kappa shape index (κ1) is 24.0. The molecule has 1 aliphatic heterocycles. The minimum absolute atomic E-state index is 0.0287. The fourth-order valence-electron chi connectivity index (χ4n) is 3.38. The summed E-state index contributed by atoms with van der Waals surface area (Å²) in [6.07, 6.45) is 1.27. The van der Waals surface area contributed by atoms with Crippen LogP contribution >= 0.6 is 11.8 Å². The minimum Gasteiger partial charge on any atom is -0.354 e. The number of amides is 5. The molecule has 33 heavy (non-hydrogen) atoms. The van der Waals surface area contributed by atoms with Crippen molar-refractivity contribution in [3.8, 4) is 0 Å². The molecule has 0 spiro atoms. The van der Waals surface area contributed by atoms with Crippen molar-refractivity contribution in [2.45, 2.75) is 19.4 Å². The van der Waals surface area contributed by atoms with Gasteiger partial charge in [0.2, 0.25) is 5.91 Å². The van der Waals surface area contributed by atoms with Crippen LogP contribution in [0.2, 0.25) is 0 Å². The Bertz CT molecular complexity index is 1120. The zero-order valence-electron chi connectivity index (χ0n) is 17.8. The van der Waals surface area contributed by atoms with Crippen molar-refractivity contribution < 1.29 is 23.6 Å². The van der Waals surface area contributed by atoms with Crippen molar-refractivity contribution in [3.63, 3.8) is 0 Å². The number of primary amides is 1. The first-order chi connectivity index (χ1) is 15.8. The van der Waals surface area contributed by atoms with Gasteiger partial charge in [0.05, 0.1) is 17.4 Å². The van der Waals surface area contributed by atoms with E-state index in [1.165, 1.54) is 24.3 Å². The van der Waals surface area contributed by atoms with Gasteiger partial charge in [0, 0.05) is 18.7 Å².